The molecule has 9 heavy (non-hydrogen) atoms. The molecule has 4 heteroatoms. The third-order valence-electron chi connectivity index (χ3n) is 1.31. The van der Waals surface area contributed by atoms with Gasteiger partial charge in [-0.05, 0) is 6.42 Å². The van der Waals surface area contributed by atoms with Gasteiger partial charge in [-0.25, -0.2) is 5.43 Å². The number of hydrogen-bond donors (Lipinski definition) is 2. The summed E-state index contributed by atoms with van der Waals surface area (Å²) in [6.07, 6.45) is 0.736. The third kappa shape index (κ3) is 0.929. The van der Waals surface area contributed by atoms with E-state index in [2.05, 4.69) is 10.5 Å². The van der Waals surface area contributed by atoms with Gasteiger partial charge >= 0.3 is 0 Å². The first kappa shape index (κ1) is 6.22. The first-order valence-electron chi connectivity index (χ1n) is 2.87. The zero-order valence-electron chi connectivity index (χ0n) is 5.22. The summed E-state index contributed by atoms with van der Waals surface area (Å²) in [6, 6.07) is -0.505. The summed E-state index contributed by atoms with van der Waals surface area (Å²) in [5, 5.41) is 3.71. The average molecular weight is 127 g/mol. The summed E-state index contributed by atoms with van der Waals surface area (Å²) in [5.74, 6) is -0.202. The highest BCUT2D eigenvalue weighted by Gasteiger charge is 2.23. The molecule has 1 unspecified atom stereocenters. The molecule has 0 bridgehead atoms. The molecule has 3 N–H and O–H groups in total. The van der Waals surface area contributed by atoms with Crippen LogP contribution in [0.2, 0.25) is 0 Å². The van der Waals surface area contributed by atoms with Gasteiger partial charge in [0.15, 0.2) is 0 Å². The Hall–Kier alpha value is -0.900. The van der Waals surface area contributed by atoms with Gasteiger partial charge in [0.2, 0.25) is 0 Å². The van der Waals surface area contributed by atoms with E-state index in [0.717, 1.165) is 12.1 Å². The summed E-state index contributed by atoms with van der Waals surface area (Å²) in [5.41, 5.74) is 8.42. The molecule has 0 radical (unpaired) electrons. The first-order chi connectivity index (χ1) is 4.25. The van der Waals surface area contributed by atoms with E-state index in [9.17, 15) is 4.79 Å². The van der Waals surface area contributed by atoms with E-state index < -0.39 is 6.04 Å². The SMILES string of the molecule is CCC1=NNC(=O)C1N. The van der Waals surface area contributed by atoms with E-state index in [1.165, 1.54) is 0 Å². The maximum Gasteiger partial charge on any atom is 0.262 e. The van der Waals surface area contributed by atoms with E-state index in [0.29, 0.717) is 0 Å². The number of nitrogens with two attached hydrogens (primary N) is 1. The van der Waals surface area contributed by atoms with Crippen LogP contribution < -0.4 is 11.2 Å². The minimum atomic E-state index is -0.505. The van der Waals surface area contributed by atoms with Crippen molar-refractivity contribution in [1.82, 2.24) is 5.43 Å². The van der Waals surface area contributed by atoms with Crippen LogP contribution in [0.15, 0.2) is 5.10 Å². The molecular formula is C5H9N3O. The van der Waals surface area contributed by atoms with Crippen LogP contribution in [0.5, 0.6) is 0 Å². The van der Waals surface area contributed by atoms with Crippen molar-refractivity contribution in [3.05, 3.63) is 0 Å². The van der Waals surface area contributed by atoms with Crippen molar-refractivity contribution in [3.63, 3.8) is 0 Å². The number of carbonyl (C=O) groups is 1. The van der Waals surface area contributed by atoms with Gasteiger partial charge < -0.3 is 5.73 Å². The second-order valence-corrected chi connectivity index (χ2v) is 1.91. The van der Waals surface area contributed by atoms with Crippen LogP contribution in [0.3, 0.4) is 0 Å². The maximum atomic E-state index is 10.6. The Kier molecular flexibility index (Phi) is 1.48. The number of nitrogens with one attached hydrogen (secondary N) is 1. The Bertz CT molecular complexity index is 164. The monoisotopic (exact) mass is 127 g/mol. The molecule has 1 heterocycles. The fraction of sp³-hybridized carbons (Fsp3) is 0.600. The van der Waals surface area contributed by atoms with Gasteiger partial charge in [-0.2, -0.15) is 5.10 Å². The Morgan fingerprint density at radius 2 is 2.56 bits per heavy atom. The Balaban J connectivity index is 2.66. The van der Waals surface area contributed by atoms with Gasteiger partial charge in [-0.15, -0.1) is 0 Å². The molecule has 0 saturated carbocycles. The van der Waals surface area contributed by atoms with Crippen molar-refractivity contribution in [2.45, 2.75) is 19.4 Å². The topological polar surface area (TPSA) is 67.5 Å². The zero-order valence-corrected chi connectivity index (χ0v) is 5.22. The third-order valence-corrected chi connectivity index (χ3v) is 1.31. The molecule has 1 amide bonds. The molecule has 1 aliphatic heterocycles. The fourth-order valence-corrected chi connectivity index (χ4v) is 0.716. The molecule has 0 spiro atoms. The van der Waals surface area contributed by atoms with Gasteiger partial charge in [-0.3, -0.25) is 4.79 Å². The van der Waals surface area contributed by atoms with Gasteiger partial charge in [0.25, 0.3) is 5.91 Å². The summed E-state index contributed by atoms with van der Waals surface area (Å²) < 4.78 is 0. The standard InChI is InChI=1S/C5H9N3O/c1-2-3-4(6)5(9)8-7-3/h4H,2,6H2,1H3,(H,8,9). The van der Waals surface area contributed by atoms with E-state index in [4.69, 9.17) is 5.73 Å². The highest BCUT2D eigenvalue weighted by molar-refractivity contribution is 6.11. The number of rotatable bonds is 1. The van der Waals surface area contributed by atoms with E-state index in [1.807, 2.05) is 6.92 Å². The zero-order chi connectivity index (χ0) is 6.85. The van der Waals surface area contributed by atoms with Crippen LogP contribution in [0.25, 0.3) is 0 Å². The lowest BCUT2D eigenvalue weighted by atomic mass is 10.1. The first-order valence-corrected chi connectivity index (χ1v) is 2.87. The minimum absolute atomic E-state index is 0.202. The summed E-state index contributed by atoms with van der Waals surface area (Å²) in [6.45, 7) is 1.92. The number of carbonyl (C=O) groups excluding carboxylic acids is 1. The number of nitrogens with zero attached hydrogens (tertiary/aromatic N) is 1. The normalized spacial score (nSPS) is 25.8. The van der Waals surface area contributed by atoms with Crippen molar-refractivity contribution in [1.29, 1.82) is 0 Å². The largest absolute Gasteiger partial charge is 0.315 e. The Labute approximate surface area is 53.1 Å². The Morgan fingerprint density at radius 1 is 1.89 bits per heavy atom. The average Bonchev–Trinajstić information content (AvgIpc) is 2.15. The lowest BCUT2D eigenvalue weighted by molar-refractivity contribution is -0.120. The Morgan fingerprint density at radius 3 is 2.78 bits per heavy atom. The fourth-order valence-electron chi connectivity index (χ4n) is 0.716. The van der Waals surface area contributed by atoms with Crippen molar-refractivity contribution in [3.8, 4) is 0 Å². The van der Waals surface area contributed by atoms with Crippen molar-refractivity contribution < 1.29 is 4.79 Å². The van der Waals surface area contributed by atoms with Crippen LogP contribution >= 0.6 is 0 Å². The van der Waals surface area contributed by atoms with Gasteiger partial charge in [0.05, 0.1) is 5.71 Å². The van der Waals surface area contributed by atoms with Gasteiger partial charge in [0, 0.05) is 0 Å². The molecular weight excluding hydrogens is 118 g/mol. The van der Waals surface area contributed by atoms with Crippen molar-refractivity contribution in [2.75, 3.05) is 0 Å². The second-order valence-electron chi connectivity index (χ2n) is 1.91. The number of amides is 1. The summed E-state index contributed by atoms with van der Waals surface area (Å²) in [4.78, 5) is 10.6. The molecule has 50 valence electrons. The van der Waals surface area contributed by atoms with Crippen LogP contribution in [0.4, 0.5) is 0 Å². The second kappa shape index (κ2) is 2.14. The predicted molar refractivity (Wildman–Crippen MR) is 33.8 cm³/mol. The van der Waals surface area contributed by atoms with Crippen LogP contribution in [0, 0.1) is 0 Å². The molecule has 0 aromatic rings. The molecule has 4 nitrogen and oxygen atoms in total. The van der Waals surface area contributed by atoms with Crippen molar-refractivity contribution in [2.24, 2.45) is 10.8 Å². The molecule has 0 aliphatic carbocycles. The molecule has 0 aromatic carbocycles. The molecule has 1 rings (SSSR count). The number of hydrazone groups is 1. The highest BCUT2D eigenvalue weighted by atomic mass is 16.2. The summed E-state index contributed by atoms with van der Waals surface area (Å²) in [7, 11) is 0. The minimum Gasteiger partial charge on any atom is -0.315 e. The summed E-state index contributed by atoms with van der Waals surface area (Å²) >= 11 is 0. The molecule has 0 saturated heterocycles. The lowest BCUT2D eigenvalue weighted by Crippen LogP contribution is -2.36. The number of hydrogen-bond acceptors (Lipinski definition) is 3. The quantitative estimate of drug-likeness (QED) is 0.484. The molecule has 0 fully saturated rings. The lowest BCUT2D eigenvalue weighted by Gasteiger charge is -1.97. The predicted octanol–water partition coefficient (Wildman–Crippen LogP) is -0.790. The van der Waals surface area contributed by atoms with Gasteiger partial charge in [-0.1, -0.05) is 6.92 Å². The molecule has 1 aliphatic rings. The highest BCUT2D eigenvalue weighted by Crippen LogP contribution is 1.97. The van der Waals surface area contributed by atoms with E-state index in [1.54, 1.807) is 0 Å². The van der Waals surface area contributed by atoms with Crippen LogP contribution in [-0.4, -0.2) is 17.7 Å². The molecule has 1 atom stereocenters. The smallest absolute Gasteiger partial charge is 0.262 e. The molecule has 0 aromatic heterocycles. The van der Waals surface area contributed by atoms with Crippen LogP contribution in [0.1, 0.15) is 13.3 Å². The van der Waals surface area contributed by atoms with Crippen molar-refractivity contribution >= 4 is 11.6 Å². The maximum absolute atomic E-state index is 10.6. The van der Waals surface area contributed by atoms with Gasteiger partial charge in [0.1, 0.15) is 6.04 Å². The van der Waals surface area contributed by atoms with Crippen LogP contribution in [-0.2, 0) is 4.79 Å². The van der Waals surface area contributed by atoms with E-state index in [-0.39, 0.29) is 5.91 Å². The van der Waals surface area contributed by atoms with E-state index >= 15 is 0 Å².